The minimum absolute atomic E-state index is 0.153. The van der Waals surface area contributed by atoms with E-state index in [0.717, 1.165) is 24.3 Å². The van der Waals surface area contributed by atoms with E-state index in [-0.39, 0.29) is 5.56 Å². The van der Waals surface area contributed by atoms with Gasteiger partial charge in [-0.05, 0) is 48.8 Å². The van der Waals surface area contributed by atoms with E-state index < -0.39 is 35.1 Å². The van der Waals surface area contributed by atoms with Crippen LogP contribution in [0, 0.1) is 17.6 Å². The Labute approximate surface area is 172 Å². The van der Waals surface area contributed by atoms with Crippen molar-refractivity contribution in [3.63, 3.8) is 0 Å². The molecule has 2 unspecified atom stereocenters. The molecular formula is C23H23F5O2. The molecule has 7 heteroatoms. The third-order valence-electron chi connectivity index (χ3n) is 5.63. The second-order valence-corrected chi connectivity index (χ2v) is 7.79. The summed E-state index contributed by atoms with van der Waals surface area (Å²) in [6.45, 7) is 2.18. The van der Waals surface area contributed by atoms with Gasteiger partial charge in [-0.25, -0.2) is 13.6 Å². The molecular weight excluding hydrogens is 403 g/mol. The van der Waals surface area contributed by atoms with E-state index in [1.807, 2.05) is 12.1 Å². The molecule has 2 atom stereocenters. The van der Waals surface area contributed by atoms with E-state index in [1.165, 1.54) is 25.7 Å². The van der Waals surface area contributed by atoms with Crippen molar-refractivity contribution in [1.29, 1.82) is 0 Å². The highest BCUT2D eigenvalue weighted by Gasteiger charge is 2.38. The first-order valence-electron chi connectivity index (χ1n) is 10.1. The number of hydrogen-bond donors (Lipinski definition) is 0. The van der Waals surface area contributed by atoms with E-state index >= 15 is 0 Å². The third-order valence-corrected chi connectivity index (χ3v) is 5.63. The highest BCUT2D eigenvalue weighted by molar-refractivity contribution is 5.91. The van der Waals surface area contributed by atoms with Crippen LogP contribution in [0.3, 0.4) is 0 Å². The van der Waals surface area contributed by atoms with Crippen LogP contribution in [0.25, 0.3) is 0 Å². The lowest BCUT2D eigenvalue weighted by atomic mass is 9.94. The first kappa shape index (κ1) is 22.2. The molecule has 0 heterocycles. The second kappa shape index (κ2) is 9.14. The average Bonchev–Trinajstić information content (AvgIpc) is 3.13. The molecule has 0 aliphatic heterocycles. The number of hydrogen-bond acceptors (Lipinski definition) is 2. The van der Waals surface area contributed by atoms with Crippen LogP contribution in [0.5, 0.6) is 5.75 Å². The Morgan fingerprint density at radius 1 is 1.07 bits per heavy atom. The van der Waals surface area contributed by atoms with Crippen LogP contribution in [0.2, 0.25) is 0 Å². The van der Waals surface area contributed by atoms with Crippen molar-refractivity contribution in [2.45, 2.75) is 57.5 Å². The molecule has 30 heavy (non-hydrogen) atoms. The normalized spacial score (nSPS) is 19.1. The molecule has 162 valence electrons. The standard InChI is InChI=1S/C23H23F5O2/c1-2-3-4-14-5-6-17(11-14)15-7-9-16(10-8-15)22(29)30-18-12-19(24)21(20(25)13-18)23(26,27)28/h7-10,12-14,17H,2-6,11H2,1H3. The minimum atomic E-state index is -5.18. The zero-order valence-electron chi connectivity index (χ0n) is 16.6. The van der Waals surface area contributed by atoms with Gasteiger partial charge in [-0.15, -0.1) is 0 Å². The van der Waals surface area contributed by atoms with Crippen LogP contribution in [0.4, 0.5) is 22.0 Å². The largest absolute Gasteiger partial charge is 0.423 e. The summed E-state index contributed by atoms with van der Waals surface area (Å²) in [5.74, 6) is -4.02. The molecule has 0 spiro atoms. The van der Waals surface area contributed by atoms with Gasteiger partial charge in [0.2, 0.25) is 0 Å². The molecule has 2 nitrogen and oxygen atoms in total. The van der Waals surface area contributed by atoms with E-state index in [0.29, 0.717) is 18.1 Å². The Kier molecular flexibility index (Phi) is 6.78. The number of alkyl halides is 3. The lowest BCUT2D eigenvalue weighted by Crippen LogP contribution is -2.13. The topological polar surface area (TPSA) is 26.3 Å². The summed E-state index contributed by atoms with van der Waals surface area (Å²) < 4.78 is 70.1. The lowest BCUT2D eigenvalue weighted by molar-refractivity contribution is -0.142. The average molecular weight is 426 g/mol. The van der Waals surface area contributed by atoms with Gasteiger partial charge >= 0.3 is 12.1 Å². The van der Waals surface area contributed by atoms with Gasteiger partial charge < -0.3 is 4.74 Å². The Bertz CT molecular complexity index is 866. The van der Waals surface area contributed by atoms with Crippen molar-refractivity contribution in [3.8, 4) is 5.75 Å². The summed E-state index contributed by atoms with van der Waals surface area (Å²) >= 11 is 0. The third kappa shape index (κ3) is 5.18. The molecule has 0 aromatic heterocycles. The van der Waals surface area contributed by atoms with Crippen LogP contribution in [0.15, 0.2) is 36.4 Å². The number of benzene rings is 2. The number of esters is 1. The summed E-state index contributed by atoms with van der Waals surface area (Å²) in [7, 11) is 0. The maximum absolute atomic E-state index is 13.6. The fourth-order valence-electron chi connectivity index (χ4n) is 4.07. The molecule has 1 saturated carbocycles. The van der Waals surface area contributed by atoms with Crippen molar-refractivity contribution in [2.75, 3.05) is 0 Å². The van der Waals surface area contributed by atoms with Crippen molar-refractivity contribution in [1.82, 2.24) is 0 Å². The highest BCUT2D eigenvalue weighted by Crippen LogP contribution is 2.40. The molecule has 0 bridgehead atoms. The van der Waals surface area contributed by atoms with Gasteiger partial charge in [0.25, 0.3) is 0 Å². The van der Waals surface area contributed by atoms with Crippen LogP contribution in [0.1, 0.15) is 72.9 Å². The Morgan fingerprint density at radius 3 is 2.27 bits per heavy atom. The van der Waals surface area contributed by atoms with Gasteiger partial charge in [0.1, 0.15) is 22.9 Å². The van der Waals surface area contributed by atoms with Gasteiger partial charge in [0, 0.05) is 12.1 Å². The zero-order valence-corrected chi connectivity index (χ0v) is 16.6. The van der Waals surface area contributed by atoms with E-state index in [4.69, 9.17) is 4.74 Å². The number of rotatable bonds is 6. The Balaban J connectivity index is 1.66. The number of unbranched alkanes of at least 4 members (excludes halogenated alkanes) is 1. The van der Waals surface area contributed by atoms with Crippen molar-refractivity contribution < 1.29 is 31.5 Å². The van der Waals surface area contributed by atoms with Gasteiger partial charge in [0.05, 0.1) is 5.56 Å². The fourth-order valence-corrected chi connectivity index (χ4v) is 4.07. The molecule has 0 amide bonds. The lowest BCUT2D eigenvalue weighted by Gasteiger charge is -2.13. The maximum Gasteiger partial charge on any atom is 0.422 e. The second-order valence-electron chi connectivity index (χ2n) is 7.79. The summed E-state index contributed by atoms with van der Waals surface area (Å²) in [4.78, 5) is 12.2. The maximum atomic E-state index is 13.6. The summed E-state index contributed by atoms with van der Waals surface area (Å²) in [5.41, 5.74) is -0.738. The van der Waals surface area contributed by atoms with Gasteiger partial charge in [-0.3, -0.25) is 0 Å². The molecule has 3 rings (SSSR count). The van der Waals surface area contributed by atoms with Crippen LogP contribution in [-0.2, 0) is 6.18 Å². The number of ether oxygens (including phenoxy) is 1. The highest BCUT2D eigenvalue weighted by atomic mass is 19.4. The smallest absolute Gasteiger partial charge is 0.422 e. The predicted molar refractivity (Wildman–Crippen MR) is 102 cm³/mol. The van der Waals surface area contributed by atoms with Gasteiger partial charge in [-0.2, -0.15) is 13.2 Å². The quantitative estimate of drug-likeness (QED) is 0.276. The number of halogens is 5. The molecule has 0 radical (unpaired) electrons. The molecule has 1 aliphatic rings. The first-order valence-corrected chi connectivity index (χ1v) is 10.1. The monoisotopic (exact) mass is 426 g/mol. The Morgan fingerprint density at radius 2 is 1.70 bits per heavy atom. The Hall–Kier alpha value is -2.44. The number of carbonyl (C=O) groups is 1. The van der Waals surface area contributed by atoms with Crippen LogP contribution in [-0.4, -0.2) is 5.97 Å². The fraction of sp³-hybridized carbons (Fsp3) is 0.435. The molecule has 0 saturated heterocycles. The summed E-state index contributed by atoms with van der Waals surface area (Å²) in [6.07, 6.45) is 1.88. The molecule has 1 aliphatic carbocycles. The zero-order chi connectivity index (χ0) is 21.9. The molecule has 2 aromatic rings. The van der Waals surface area contributed by atoms with E-state index in [2.05, 4.69) is 6.92 Å². The van der Waals surface area contributed by atoms with Crippen molar-refractivity contribution in [3.05, 3.63) is 64.7 Å². The summed E-state index contributed by atoms with van der Waals surface area (Å²) in [5, 5.41) is 0. The first-order chi connectivity index (χ1) is 14.2. The van der Waals surface area contributed by atoms with Crippen LogP contribution < -0.4 is 4.74 Å². The number of carbonyl (C=O) groups excluding carboxylic acids is 1. The minimum Gasteiger partial charge on any atom is -0.423 e. The van der Waals surface area contributed by atoms with Gasteiger partial charge in [-0.1, -0.05) is 38.3 Å². The molecule has 2 aromatic carbocycles. The van der Waals surface area contributed by atoms with E-state index in [1.54, 1.807) is 12.1 Å². The van der Waals surface area contributed by atoms with Crippen molar-refractivity contribution >= 4 is 5.97 Å². The molecule has 1 fully saturated rings. The predicted octanol–water partition coefficient (Wildman–Crippen LogP) is 7.28. The summed E-state index contributed by atoms with van der Waals surface area (Å²) in [6, 6.07) is 7.50. The van der Waals surface area contributed by atoms with E-state index in [9.17, 15) is 26.7 Å². The van der Waals surface area contributed by atoms with Gasteiger partial charge in [0.15, 0.2) is 0 Å². The van der Waals surface area contributed by atoms with Crippen LogP contribution >= 0.6 is 0 Å². The van der Waals surface area contributed by atoms with Crippen molar-refractivity contribution in [2.24, 2.45) is 5.92 Å². The SMILES string of the molecule is CCCCC1CCC(c2ccc(C(=O)Oc3cc(F)c(C(F)(F)F)c(F)c3)cc2)C1. The molecule has 0 N–H and O–H groups in total.